The van der Waals surface area contributed by atoms with Crippen molar-refractivity contribution in [1.29, 1.82) is 0 Å². The van der Waals surface area contributed by atoms with E-state index in [0.717, 1.165) is 19.0 Å². The van der Waals surface area contributed by atoms with Crippen LogP contribution in [-0.2, 0) is 4.74 Å². The molecule has 1 amide bonds. The average molecular weight is 172 g/mol. The highest BCUT2D eigenvalue weighted by Gasteiger charge is 2.20. The van der Waals surface area contributed by atoms with E-state index in [9.17, 15) is 4.79 Å². The molecular formula is C8H16N2O2. The fourth-order valence-corrected chi connectivity index (χ4v) is 1.52. The molecule has 1 unspecified atom stereocenters. The van der Waals surface area contributed by atoms with Gasteiger partial charge < -0.3 is 10.5 Å². The molecule has 0 bridgehead atoms. The maximum Gasteiger partial charge on any atom is 0.405 e. The molecule has 0 aliphatic carbocycles. The maximum atomic E-state index is 10.3. The minimum absolute atomic E-state index is 0.353. The second kappa shape index (κ2) is 4.30. The van der Waals surface area contributed by atoms with E-state index in [2.05, 4.69) is 16.6 Å². The lowest BCUT2D eigenvalue weighted by molar-refractivity contribution is 0.0868. The van der Waals surface area contributed by atoms with Gasteiger partial charge in [-0.1, -0.05) is 13.3 Å². The Morgan fingerprint density at radius 3 is 3.00 bits per heavy atom. The SMILES string of the molecule is CCC1CCN(COC(N)=O)C1. The Labute approximate surface area is 72.7 Å². The van der Waals surface area contributed by atoms with Gasteiger partial charge in [0.25, 0.3) is 0 Å². The van der Waals surface area contributed by atoms with Crippen LogP contribution in [0.15, 0.2) is 0 Å². The van der Waals surface area contributed by atoms with Crippen LogP contribution in [0.5, 0.6) is 0 Å². The molecule has 4 nitrogen and oxygen atoms in total. The number of carbonyl (C=O) groups is 1. The van der Waals surface area contributed by atoms with Crippen molar-refractivity contribution in [1.82, 2.24) is 4.90 Å². The molecule has 0 saturated carbocycles. The summed E-state index contributed by atoms with van der Waals surface area (Å²) >= 11 is 0. The monoisotopic (exact) mass is 172 g/mol. The number of amides is 1. The Morgan fingerprint density at radius 1 is 1.75 bits per heavy atom. The van der Waals surface area contributed by atoms with Gasteiger partial charge in [-0.15, -0.1) is 0 Å². The number of nitrogens with zero attached hydrogens (tertiary/aromatic N) is 1. The van der Waals surface area contributed by atoms with Crippen LogP contribution in [0.3, 0.4) is 0 Å². The first-order valence-electron chi connectivity index (χ1n) is 4.37. The largest absolute Gasteiger partial charge is 0.434 e. The van der Waals surface area contributed by atoms with Crippen molar-refractivity contribution in [2.45, 2.75) is 19.8 Å². The van der Waals surface area contributed by atoms with Crippen molar-refractivity contribution in [3.63, 3.8) is 0 Å². The predicted octanol–water partition coefficient (Wildman–Crippen LogP) is 0.771. The zero-order valence-electron chi connectivity index (χ0n) is 7.45. The van der Waals surface area contributed by atoms with Crippen LogP contribution in [0.1, 0.15) is 19.8 Å². The Balaban J connectivity index is 2.15. The third kappa shape index (κ3) is 2.70. The Bertz CT molecular complexity index is 161. The highest BCUT2D eigenvalue weighted by Crippen LogP contribution is 2.18. The van der Waals surface area contributed by atoms with Crippen LogP contribution >= 0.6 is 0 Å². The molecule has 1 saturated heterocycles. The van der Waals surface area contributed by atoms with Crippen LogP contribution in [0.2, 0.25) is 0 Å². The minimum atomic E-state index is -0.685. The van der Waals surface area contributed by atoms with Gasteiger partial charge in [0, 0.05) is 13.1 Å². The molecule has 12 heavy (non-hydrogen) atoms. The highest BCUT2D eigenvalue weighted by atomic mass is 16.6. The zero-order valence-corrected chi connectivity index (χ0v) is 7.45. The lowest BCUT2D eigenvalue weighted by atomic mass is 10.1. The number of rotatable bonds is 3. The van der Waals surface area contributed by atoms with Crippen molar-refractivity contribution in [2.75, 3.05) is 19.8 Å². The van der Waals surface area contributed by atoms with Crippen molar-refractivity contribution in [3.05, 3.63) is 0 Å². The molecule has 1 atom stereocenters. The molecule has 1 aliphatic heterocycles. The van der Waals surface area contributed by atoms with E-state index in [1.54, 1.807) is 0 Å². The van der Waals surface area contributed by atoms with E-state index in [1.807, 2.05) is 0 Å². The topological polar surface area (TPSA) is 55.6 Å². The fourth-order valence-electron chi connectivity index (χ4n) is 1.52. The number of hydrogen-bond donors (Lipinski definition) is 1. The van der Waals surface area contributed by atoms with Gasteiger partial charge in [-0.25, -0.2) is 4.79 Å². The molecule has 1 rings (SSSR count). The lowest BCUT2D eigenvalue weighted by Crippen LogP contribution is -2.27. The first kappa shape index (κ1) is 9.32. The highest BCUT2D eigenvalue weighted by molar-refractivity contribution is 5.64. The first-order chi connectivity index (χ1) is 5.72. The summed E-state index contributed by atoms with van der Waals surface area (Å²) < 4.78 is 4.68. The van der Waals surface area contributed by atoms with Crippen LogP contribution in [0.4, 0.5) is 4.79 Å². The molecule has 70 valence electrons. The molecule has 0 spiro atoms. The number of hydrogen-bond acceptors (Lipinski definition) is 3. The summed E-state index contributed by atoms with van der Waals surface area (Å²) in [5.74, 6) is 0.765. The van der Waals surface area contributed by atoms with E-state index < -0.39 is 6.09 Å². The minimum Gasteiger partial charge on any atom is -0.434 e. The molecule has 2 N–H and O–H groups in total. The molecule has 1 heterocycles. The van der Waals surface area contributed by atoms with E-state index in [-0.39, 0.29) is 0 Å². The smallest absolute Gasteiger partial charge is 0.405 e. The van der Waals surface area contributed by atoms with Gasteiger partial charge >= 0.3 is 6.09 Å². The van der Waals surface area contributed by atoms with Gasteiger partial charge in [0.15, 0.2) is 0 Å². The Morgan fingerprint density at radius 2 is 2.50 bits per heavy atom. The summed E-state index contributed by atoms with van der Waals surface area (Å²) in [5, 5.41) is 0. The number of nitrogens with two attached hydrogens (primary N) is 1. The summed E-state index contributed by atoms with van der Waals surface area (Å²) in [4.78, 5) is 12.4. The third-order valence-corrected chi connectivity index (χ3v) is 2.34. The van der Waals surface area contributed by atoms with Gasteiger partial charge in [-0.3, -0.25) is 4.90 Å². The van der Waals surface area contributed by atoms with Crippen LogP contribution < -0.4 is 5.73 Å². The molecule has 1 aliphatic rings. The zero-order chi connectivity index (χ0) is 8.97. The third-order valence-electron chi connectivity index (χ3n) is 2.34. The molecule has 0 aromatic carbocycles. The fraction of sp³-hybridized carbons (Fsp3) is 0.875. The van der Waals surface area contributed by atoms with E-state index >= 15 is 0 Å². The number of carbonyl (C=O) groups excluding carboxylic acids is 1. The van der Waals surface area contributed by atoms with Gasteiger partial charge in [0.05, 0.1) is 0 Å². The first-order valence-corrected chi connectivity index (χ1v) is 4.37. The number of likely N-dealkylation sites (tertiary alicyclic amines) is 1. The van der Waals surface area contributed by atoms with Gasteiger partial charge in [0.2, 0.25) is 0 Å². The molecule has 0 aromatic rings. The summed E-state index contributed by atoms with van der Waals surface area (Å²) in [7, 11) is 0. The van der Waals surface area contributed by atoms with Gasteiger partial charge in [-0.05, 0) is 12.3 Å². The molecule has 0 aromatic heterocycles. The van der Waals surface area contributed by atoms with Gasteiger partial charge in [-0.2, -0.15) is 0 Å². The standard InChI is InChI=1S/C8H16N2O2/c1-2-7-3-4-10(5-7)6-12-8(9)11/h7H,2-6H2,1H3,(H2,9,11). The average Bonchev–Trinajstić information content (AvgIpc) is 2.48. The predicted molar refractivity (Wildman–Crippen MR) is 45.5 cm³/mol. The van der Waals surface area contributed by atoms with Crippen molar-refractivity contribution in [2.24, 2.45) is 11.7 Å². The second-order valence-electron chi connectivity index (χ2n) is 3.23. The van der Waals surface area contributed by atoms with E-state index in [1.165, 1.54) is 12.8 Å². The number of ether oxygens (including phenoxy) is 1. The van der Waals surface area contributed by atoms with E-state index in [4.69, 9.17) is 5.73 Å². The van der Waals surface area contributed by atoms with Crippen molar-refractivity contribution >= 4 is 6.09 Å². The summed E-state index contributed by atoms with van der Waals surface area (Å²) in [6.07, 6.45) is 1.72. The van der Waals surface area contributed by atoms with Crippen LogP contribution in [0.25, 0.3) is 0 Å². The van der Waals surface area contributed by atoms with Gasteiger partial charge in [0.1, 0.15) is 6.73 Å². The van der Waals surface area contributed by atoms with Crippen LogP contribution in [0, 0.1) is 5.92 Å². The number of primary amides is 1. The molecule has 0 radical (unpaired) electrons. The normalized spacial score (nSPS) is 24.2. The Hall–Kier alpha value is -0.770. The molecule has 4 heteroatoms. The lowest BCUT2D eigenvalue weighted by Gasteiger charge is -2.14. The quantitative estimate of drug-likeness (QED) is 0.684. The van der Waals surface area contributed by atoms with Crippen LogP contribution in [-0.4, -0.2) is 30.8 Å². The maximum absolute atomic E-state index is 10.3. The van der Waals surface area contributed by atoms with Crippen molar-refractivity contribution < 1.29 is 9.53 Å². The summed E-state index contributed by atoms with van der Waals surface area (Å²) in [6.45, 7) is 4.59. The second-order valence-corrected chi connectivity index (χ2v) is 3.23. The Kier molecular flexibility index (Phi) is 3.34. The summed E-state index contributed by atoms with van der Waals surface area (Å²) in [5.41, 5.74) is 4.85. The summed E-state index contributed by atoms with van der Waals surface area (Å²) in [6, 6.07) is 0. The van der Waals surface area contributed by atoms with E-state index in [0.29, 0.717) is 6.73 Å². The molecule has 1 fully saturated rings. The van der Waals surface area contributed by atoms with Crippen molar-refractivity contribution in [3.8, 4) is 0 Å². The molecular weight excluding hydrogens is 156 g/mol.